The maximum absolute atomic E-state index is 13.5. The lowest BCUT2D eigenvalue weighted by Crippen LogP contribution is -2.31. The van der Waals surface area contributed by atoms with Gasteiger partial charge in [-0.25, -0.2) is 8.42 Å². The zero-order chi connectivity index (χ0) is 19.7. The first-order chi connectivity index (χ1) is 13.4. The van der Waals surface area contributed by atoms with Gasteiger partial charge in [0.1, 0.15) is 0 Å². The molecule has 2 unspecified atom stereocenters. The molecule has 28 heavy (non-hydrogen) atoms. The smallest absolute Gasteiger partial charge is 0.207 e. The van der Waals surface area contributed by atoms with Crippen molar-refractivity contribution >= 4 is 10.0 Å². The molecule has 0 aromatic heterocycles. The summed E-state index contributed by atoms with van der Waals surface area (Å²) in [5, 5.41) is 0. The summed E-state index contributed by atoms with van der Waals surface area (Å²) < 4.78 is 28.7. The Labute approximate surface area is 167 Å². The molecule has 0 spiro atoms. The van der Waals surface area contributed by atoms with Crippen LogP contribution in [-0.4, -0.2) is 19.3 Å². The zero-order valence-electron chi connectivity index (χ0n) is 16.2. The number of rotatable bonds is 4. The predicted molar refractivity (Wildman–Crippen MR) is 113 cm³/mol. The van der Waals surface area contributed by atoms with E-state index >= 15 is 0 Å². The molecule has 3 nitrogen and oxygen atoms in total. The van der Waals surface area contributed by atoms with Crippen LogP contribution in [-0.2, 0) is 10.0 Å². The van der Waals surface area contributed by atoms with Crippen LogP contribution in [0.25, 0.3) is 0 Å². The van der Waals surface area contributed by atoms with Crippen LogP contribution in [0.1, 0.15) is 40.6 Å². The van der Waals surface area contributed by atoms with Crippen LogP contribution in [0.15, 0.2) is 83.8 Å². The van der Waals surface area contributed by atoms with Gasteiger partial charge < -0.3 is 0 Å². The van der Waals surface area contributed by atoms with Crippen molar-refractivity contribution in [2.24, 2.45) is 0 Å². The van der Waals surface area contributed by atoms with Gasteiger partial charge in [0.15, 0.2) is 0 Å². The van der Waals surface area contributed by atoms with E-state index in [0.717, 1.165) is 17.5 Å². The van der Waals surface area contributed by atoms with Gasteiger partial charge in [-0.2, -0.15) is 4.31 Å². The van der Waals surface area contributed by atoms with Gasteiger partial charge in [-0.3, -0.25) is 0 Å². The van der Waals surface area contributed by atoms with Gasteiger partial charge in [-0.1, -0.05) is 77.9 Å². The minimum Gasteiger partial charge on any atom is -0.207 e. The number of sulfonamides is 1. The van der Waals surface area contributed by atoms with Crippen molar-refractivity contribution in [2.75, 3.05) is 6.54 Å². The molecule has 0 bridgehead atoms. The highest BCUT2D eigenvalue weighted by atomic mass is 32.2. The topological polar surface area (TPSA) is 37.4 Å². The summed E-state index contributed by atoms with van der Waals surface area (Å²) in [7, 11) is -3.57. The highest BCUT2D eigenvalue weighted by molar-refractivity contribution is 7.89. The average Bonchev–Trinajstić information content (AvgIpc) is 3.16. The van der Waals surface area contributed by atoms with Crippen molar-refractivity contribution in [1.82, 2.24) is 4.31 Å². The molecule has 0 N–H and O–H groups in total. The molecule has 0 aliphatic carbocycles. The van der Waals surface area contributed by atoms with Gasteiger partial charge in [0.25, 0.3) is 0 Å². The largest absolute Gasteiger partial charge is 0.243 e. The Hall–Kier alpha value is -2.43. The highest BCUT2D eigenvalue weighted by Gasteiger charge is 2.41. The second-order valence-electron chi connectivity index (χ2n) is 7.66. The van der Waals surface area contributed by atoms with E-state index in [4.69, 9.17) is 0 Å². The molecule has 1 saturated heterocycles. The fourth-order valence-electron chi connectivity index (χ4n) is 3.97. The van der Waals surface area contributed by atoms with Crippen molar-refractivity contribution in [3.8, 4) is 0 Å². The van der Waals surface area contributed by atoms with Crippen molar-refractivity contribution in [3.63, 3.8) is 0 Å². The predicted octanol–water partition coefficient (Wildman–Crippen LogP) is 5.22. The summed E-state index contributed by atoms with van der Waals surface area (Å²) in [6.45, 7) is 4.53. The van der Waals surface area contributed by atoms with Gasteiger partial charge in [0, 0.05) is 6.54 Å². The molecule has 144 valence electrons. The van der Waals surface area contributed by atoms with Gasteiger partial charge >= 0.3 is 0 Å². The Bertz CT molecular complexity index is 1040. The summed E-state index contributed by atoms with van der Waals surface area (Å²) in [5.41, 5.74) is 4.52. The van der Waals surface area contributed by atoms with E-state index in [2.05, 4.69) is 31.2 Å². The second-order valence-corrected chi connectivity index (χ2v) is 9.55. The third kappa shape index (κ3) is 3.62. The Kier molecular flexibility index (Phi) is 5.09. The molecule has 1 fully saturated rings. The van der Waals surface area contributed by atoms with E-state index in [0.29, 0.717) is 11.4 Å². The number of hydrogen-bond acceptors (Lipinski definition) is 2. The molecule has 4 heteroatoms. The Morgan fingerprint density at radius 1 is 0.750 bits per heavy atom. The van der Waals surface area contributed by atoms with E-state index in [9.17, 15) is 8.42 Å². The molecular formula is C24H25NO2S. The van der Waals surface area contributed by atoms with Crippen LogP contribution in [0, 0.1) is 13.8 Å². The van der Waals surface area contributed by atoms with Crippen LogP contribution >= 0.6 is 0 Å². The van der Waals surface area contributed by atoms with E-state index in [1.165, 1.54) is 11.1 Å². The Balaban J connectivity index is 1.73. The quantitative estimate of drug-likeness (QED) is 0.611. The lowest BCUT2D eigenvalue weighted by atomic mass is 9.93. The second kappa shape index (κ2) is 7.53. The maximum Gasteiger partial charge on any atom is 0.243 e. The van der Waals surface area contributed by atoms with Gasteiger partial charge in [0.05, 0.1) is 10.9 Å². The molecule has 1 aliphatic rings. The Morgan fingerprint density at radius 3 is 1.93 bits per heavy atom. The van der Waals surface area contributed by atoms with Crippen LogP contribution in [0.4, 0.5) is 0 Å². The molecule has 1 aliphatic heterocycles. The van der Waals surface area contributed by atoms with Gasteiger partial charge in [-0.15, -0.1) is 0 Å². The summed E-state index contributed by atoms with van der Waals surface area (Å²) in [5.74, 6) is 0.186. The fraction of sp³-hybridized carbons (Fsp3) is 0.250. The highest BCUT2D eigenvalue weighted by Crippen LogP contribution is 2.43. The summed E-state index contributed by atoms with van der Waals surface area (Å²) in [6.07, 6.45) is 0.790. The molecule has 0 saturated carbocycles. The number of hydrogen-bond donors (Lipinski definition) is 0. The van der Waals surface area contributed by atoms with Crippen LogP contribution in [0.5, 0.6) is 0 Å². The monoisotopic (exact) mass is 391 g/mol. The third-order valence-corrected chi connectivity index (χ3v) is 7.51. The minimum absolute atomic E-state index is 0.154. The third-order valence-electron chi connectivity index (χ3n) is 5.62. The van der Waals surface area contributed by atoms with Crippen molar-refractivity contribution < 1.29 is 8.42 Å². The number of aryl methyl sites for hydroxylation is 2. The van der Waals surface area contributed by atoms with E-state index in [1.807, 2.05) is 49.4 Å². The summed E-state index contributed by atoms with van der Waals surface area (Å²) in [4.78, 5) is 0.364. The van der Waals surface area contributed by atoms with Crippen molar-refractivity contribution in [3.05, 3.63) is 101 Å². The first-order valence-electron chi connectivity index (χ1n) is 9.65. The van der Waals surface area contributed by atoms with E-state index < -0.39 is 10.0 Å². The molecule has 0 amide bonds. The molecule has 3 aromatic rings. The Morgan fingerprint density at radius 2 is 1.32 bits per heavy atom. The van der Waals surface area contributed by atoms with Crippen LogP contribution in [0.2, 0.25) is 0 Å². The molecule has 2 atom stereocenters. The molecular weight excluding hydrogens is 366 g/mol. The van der Waals surface area contributed by atoms with Crippen LogP contribution in [0.3, 0.4) is 0 Å². The zero-order valence-corrected chi connectivity index (χ0v) is 17.1. The molecule has 3 aromatic carbocycles. The van der Waals surface area contributed by atoms with Gasteiger partial charge in [-0.05, 0) is 49.4 Å². The summed E-state index contributed by atoms with van der Waals surface area (Å²) in [6, 6.07) is 25.4. The SMILES string of the molecule is Cc1ccc(C2CC(c3ccccc3)N(S(=O)(=O)c3ccc(C)cc3)C2)cc1. The fourth-order valence-corrected chi connectivity index (χ4v) is 5.64. The van der Waals surface area contributed by atoms with E-state index in [-0.39, 0.29) is 12.0 Å². The maximum atomic E-state index is 13.5. The normalized spacial score (nSPS) is 20.4. The number of benzene rings is 3. The lowest BCUT2D eigenvalue weighted by molar-refractivity contribution is 0.396. The standard InChI is InChI=1S/C24H25NO2S/c1-18-8-12-20(13-9-18)22-16-24(21-6-4-3-5-7-21)25(17-22)28(26,27)23-14-10-19(2)11-15-23/h3-15,22,24H,16-17H2,1-2H3. The van der Waals surface area contributed by atoms with Crippen molar-refractivity contribution in [2.45, 2.75) is 37.1 Å². The molecule has 1 heterocycles. The summed E-state index contributed by atoms with van der Waals surface area (Å²) >= 11 is 0. The first-order valence-corrected chi connectivity index (χ1v) is 11.1. The van der Waals surface area contributed by atoms with Gasteiger partial charge in [0.2, 0.25) is 10.0 Å². The average molecular weight is 392 g/mol. The molecule has 4 rings (SSSR count). The van der Waals surface area contributed by atoms with E-state index in [1.54, 1.807) is 16.4 Å². The minimum atomic E-state index is -3.57. The molecule has 0 radical (unpaired) electrons. The first kappa shape index (κ1) is 18.9. The number of nitrogens with zero attached hydrogens (tertiary/aromatic N) is 1. The van der Waals surface area contributed by atoms with Crippen LogP contribution < -0.4 is 0 Å². The lowest BCUT2D eigenvalue weighted by Gasteiger charge is -2.24. The van der Waals surface area contributed by atoms with Crippen molar-refractivity contribution in [1.29, 1.82) is 0 Å².